The molecule has 0 spiro atoms. The molecular weight excluding hydrogens is 997 g/mol. The number of carbonyl (C=O) groups is 3. The van der Waals surface area contributed by atoms with Crippen molar-refractivity contribution in [3.63, 3.8) is 0 Å². The normalized spacial score (nSPS) is 12.9. The predicted octanol–water partition coefficient (Wildman–Crippen LogP) is 23.6. The number of hydrogen-bond donors (Lipinski definition) is 0. The first-order chi connectivity index (χ1) is 40.0. The van der Waals surface area contributed by atoms with E-state index in [9.17, 15) is 14.4 Å². The second-order valence-electron chi connectivity index (χ2n) is 22.4. The van der Waals surface area contributed by atoms with Crippen molar-refractivity contribution >= 4 is 17.9 Å². The summed E-state index contributed by atoms with van der Waals surface area (Å²) in [5.41, 5.74) is 0. The van der Waals surface area contributed by atoms with E-state index in [1.807, 2.05) is 0 Å². The Balaban J connectivity index is 4.35. The Hall–Kier alpha value is -4.19. The lowest BCUT2D eigenvalue weighted by atomic mass is 10.0. The lowest BCUT2D eigenvalue weighted by molar-refractivity contribution is -0.167. The highest BCUT2D eigenvalue weighted by atomic mass is 16.6. The minimum absolute atomic E-state index is 0.0848. The molecule has 81 heavy (non-hydrogen) atoms. The van der Waals surface area contributed by atoms with Crippen molar-refractivity contribution in [3.8, 4) is 0 Å². The van der Waals surface area contributed by atoms with Crippen LogP contribution < -0.4 is 0 Å². The first-order valence-corrected chi connectivity index (χ1v) is 34.0. The Labute approximate surface area is 501 Å². The minimum atomic E-state index is -0.791. The highest BCUT2D eigenvalue weighted by molar-refractivity contribution is 5.71. The quantitative estimate of drug-likeness (QED) is 0.0261. The van der Waals surface area contributed by atoms with Gasteiger partial charge < -0.3 is 14.2 Å². The molecule has 0 rings (SSSR count). The SMILES string of the molecule is CC/C=C\C/C=C\C/C=C\C/C=C\C/C=C\C/C=C\C/C=C\C/C=C\CCCCCCCCC(=O)OCC(COC(=O)CCCCCCCCCCCCCCCCC)OC(=O)CCCCCCCCC/C=C\C/C=C\CCCCC. The molecule has 0 aliphatic heterocycles. The molecule has 0 radical (unpaired) electrons. The summed E-state index contributed by atoms with van der Waals surface area (Å²) in [5, 5.41) is 0. The number of unbranched alkanes of at least 4 members (excludes halogenated alkanes) is 30. The molecule has 0 aliphatic carbocycles. The molecule has 6 nitrogen and oxygen atoms in total. The molecule has 0 amide bonds. The Kier molecular flexibility index (Phi) is 64.8. The van der Waals surface area contributed by atoms with Gasteiger partial charge in [-0.05, 0) is 116 Å². The molecule has 0 heterocycles. The van der Waals surface area contributed by atoms with E-state index >= 15 is 0 Å². The van der Waals surface area contributed by atoms with E-state index in [-0.39, 0.29) is 31.1 Å². The molecule has 0 aromatic rings. The van der Waals surface area contributed by atoms with Gasteiger partial charge in [0.25, 0.3) is 0 Å². The van der Waals surface area contributed by atoms with Gasteiger partial charge in [-0.15, -0.1) is 0 Å². The molecule has 0 fully saturated rings. The molecule has 0 aromatic heterocycles. The van der Waals surface area contributed by atoms with Crippen LogP contribution in [0, 0.1) is 0 Å². The smallest absolute Gasteiger partial charge is 0.306 e. The van der Waals surface area contributed by atoms with Crippen molar-refractivity contribution in [2.75, 3.05) is 13.2 Å². The van der Waals surface area contributed by atoms with Crippen LogP contribution in [0.3, 0.4) is 0 Å². The highest BCUT2D eigenvalue weighted by Crippen LogP contribution is 2.16. The standard InChI is InChI=1S/C75H126O6/c1-4-7-10-13-16-19-22-25-28-30-31-32-33-34-35-36-37-38-39-40-41-42-43-45-47-50-53-56-59-62-65-68-74(77)80-71-72(70-79-73(76)67-64-61-58-55-52-49-46-27-24-21-18-15-12-9-6-3)81-75(78)69-66-63-60-57-54-51-48-44-29-26-23-20-17-14-11-8-5-2/h7,10,16-17,19-20,25-26,28-29,31-32,34-35,37-38,40-41,43,45,72H,4-6,8-9,11-15,18,21-24,27,30,33,36,39,42,44,46-71H2,1-3H3/b10-7-,19-16-,20-17-,28-25-,29-26-,32-31-,35-34-,38-37-,41-40-,45-43-. The maximum absolute atomic E-state index is 12.9. The minimum Gasteiger partial charge on any atom is -0.462 e. The number of carbonyl (C=O) groups excluding carboxylic acids is 3. The van der Waals surface area contributed by atoms with Gasteiger partial charge in [-0.25, -0.2) is 0 Å². The third-order valence-corrected chi connectivity index (χ3v) is 14.5. The molecule has 462 valence electrons. The summed E-state index contributed by atoms with van der Waals surface area (Å²) in [6, 6.07) is 0. The lowest BCUT2D eigenvalue weighted by Gasteiger charge is -2.18. The monoisotopic (exact) mass is 1120 g/mol. The second-order valence-corrected chi connectivity index (χ2v) is 22.4. The molecule has 0 N–H and O–H groups in total. The van der Waals surface area contributed by atoms with Crippen LogP contribution in [0.4, 0.5) is 0 Å². The summed E-state index contributed by atoms with van der Waals surface area (Å²) in [6.45, 7) is 6.51. The predicted molar refractivity (Wildman–Crippen MR) is 353 cm³/mol. The lowest BCUT2D eigenvalue weighted by Crippen LogP contribution is -2.30. The average Bonchev–Trinajstić information content (AvgIpc) is 3.47. The molecule has 0 bridgehead atoms. The van der Waals surface area contributed by atoms with E-state index in [1.54, 1.807) is 0 Å². The summed E-state index contributed by atoms with van der Waals surface area (Å²) in [7, 11) is 0. The fourth-order valence-corrected chi connectivity index (χ4v) is 9.37. The largest absolute Gasteiger partial charge is 0.462 e. The van der Waals surface area contributed by atoms with Gasteiger partial charge >= 0.3 is 17.9 Å². The van der Waals surface area contributed by atoms with Crippen molar-refractivity contribution < 1.29 is 28.6 Å². The molecule has 6 heteroatoms. The first kappa shape index (κ1) is 76.8. The average molecular weight is 1120 g/mol. The maximum atomic E-state index is 12.9. The summed E-state index contributed by atoms with van der Waals surface area (Å²) >= 11 is 0. The highest BCUT2D eigenvalue weighted by Gasteiger charge is 2.19. The first-order valence-electron chi connectivity index (χ1n) is 34.0. The fraction of sp³-hybridized carbons (Fsp3) is 0.693. The van der Waals surface area contributed by atoms with Crippen LogP contribution in [-0.4, -0.2) is 37.2 Å². The molecule has 0 saturated heterocycles. The summed E-state index contributed by atoms with van der Waals surface area (Å²) in [4.78, 5) is 38.4. The zero-order chi connectivity index (χ0) is 58.5. The Morgan fingerprint density at radius 2 is 0.481 bits per heavy atom. The van der Waals surface area contributed by atoms with Gasteiger partial charge in [0.15, 0.2) is 6.10 Å². The Bertz CT molecular complexity index is 1670. The van der Waals surface area contributed by atoms with Crippen molar-refractivity contribution in [1.29, 1.82) is 0 Å². The summed E-state index contributed by atoms with van der Waals surface area (Å²) in [5.74, 6) is -0.898. The van der Waals surface area contributed by atoms with Gasteiger partial charge in [0.05, 0.1) is 0 Å². The topological polar surface area (TPSA) is 78.9 Å². The fourth-order valence-electron chi connectivity index (χ4n) is 9.37. The number of allylic oxidation sites excluding steroid dienone is 20. The molecule has 0 aliphatic rings. The molecule has 0 aromatic carbocycles. The zero-order valence-electron chi connectivity index (χ0n) is 53.0. The zero-order valence-corrected chi connectivity index (χ0v) is 53.0. The second kappa shape index (κ2) is 68.3. The van der Waals surface area contributed by atoms with Crippen molar-refractivity contribution in [3.05, 3.63) is 122 Å². The number of ether oxygens (including phenoxy) is 3. The van der Waals surface area contributed by atoms with Gasteiger partial charge in [0.2, 0.25) is 0 Å². The molecule has 1 atom stereocenters. The Morgan fingerprint density at radius 3 is 0.778 bits per heavy atom. The van der Waals surface area contributed by atoms with Crippen LogP contribution in [-0.2, 0) is 28.6 Å². The summed E-state index contributed by atoms with van der Waals surface area (Å²) in [6.07, 6.45) is 94.9. The number of hydrogen-bond acceptors (Lipinski definition) is 6. The van der Waals surface area contributed by atoms with Crippen LogP contribution in [0.25, 0.3) is 0 Å². The van der Waals surface area contributed by atoms with Gasteiger partial charge in [0, 0.05) is 19.3 Å². The van der Waals surface area contributed by atoms with E-state index in [0.717, 1.165) is 135 Å². The van der Waals surface area contributed by atoms with Gasteiger partial charge in [-0.2, -0.15) is 0 Å². The van der Waals surface area contributed by atoms with Gasteiger partial charge in [-0.3, -0.25) is 14.4 Å². The van der Waals surface area contributed by atoms with Crippen LogP contribution >= 0.6 is 0 Å². The van der Waals surface area contributed by atoms with Crippen LogP contribution in [0.2, 0.25) is 0 Å². The van der Waals surface area contributed by atoms with Gasteiger partial charge in [-0.1, -0.05) is 303 Å². The van der Waals surface area contributed by atoms with Crippen LogP contribution in [0.5, 0.6) is 0 Å². The molecule has 1 unspecified atom stereocenters. The third kappa shape index (κ3) is 66.5. The van der Waals surface area contributed by atoms with Crippen molar-refractivity contribution in [2.24, 2.45) is 0 Å². The van der Waals surface area contributed by atoms with Crippen molar-refractivity contribution in [1.82, 2.24) is 0 Å². The van der Waals surface area contributed by atoms with E-state index in [1.165, 1.54) is 141 Å². The number of rotatable bonds is 61. The molecule has 0 saturated carbocycles. The summed E-state index contributed by atoms with van der Waals surface area (Å²) < 4.78 is 16.9. The van der Waals surface area contributed by atoms with E-state index in [4.69, 9.17) is 14.2 Å². The third-order valence-electron chi connectivity index (χ3n) is 14.5. The van der Waals surface area contributed by atoms with Crippen LogP contribution in [0.1, 0.15) is 316 Å². The van der Waals surface area contributed by atoms with E-state index in [0.29, 0.717) is 19.3 Å². The van der Waals surface area contributed by atoms with Gasteiger partial charge in [0.1, 0.15) is 13.2 Å². The number of esters is 3. The maximum Gasteiger partial charge on any atom is 0.306 e. The molecular formula is C75H126O6. The van der Waals surface area contributed by atoms with Crippen molar-refractivity contribution in [2.45, 2.75) is 322 Å². The van der Waals surface area contributed by atoms with Crippen LogP contribution in [0.15, 0.2) is 122 Å². The Morgan fingerprint density at radius 1 is 0.259 bits per heavy atom. The van der Waals surface area contributed by atoms with E-state index < -0.39 is 6.10 Å². The van der Waals surface area contributed by atoms with E-state index in [2.05, 4.69) is 142 Å².